The van der Waals surface area contributed by atoms with Gasteiger partial charge in [-0.1, -0.05) is 26.7 Å². The van der Waals surface area contributed by atoms with Crippen LogP contribution in [0.5, 0.6) is 0 Å². The van der Waals surface area contributed by atoms with Gasteiger partial charge in [0.05, 0.1) is 7.11 Å². The van der Waals surface area contributed by atoms with Gasteiger partial charge >= 0.3 is 5.97 Å². The molecule has 4 heteroatoms. The molecule has 104 valence electrons. The summed E-state index contributed by atoms with van der Waals surface area (Å²) in [4.78, 5) is 23.5. The molecule has 0 aromatic rings. The molecule has 0 radical (unpaired) electrons. The van der Waals surface area contributed by atoms with Crippen LogP contribution < -0.4 is 5.32 Å². The number of rotatable bonds is 6. The quantitative estimate of drug-likeness (QED) is 0.741. The molecule has 0 heterocycles. The molecule has 0 bridgehead atoms. The molecule has 0 aromatic heterocycles. The topological polar surface area (TPSA) is 55.4 Å². The summed E-state index contributed by atoms with van der Waals surface area (Å²) in [5, 5.41) is 2.81. The standard InChI is InChI=1S/C14H25NO3/c1-10(2)8-12(14(17)18-3)15-13(16)9-11-6-4-5-7-11/h10-12H,4-9H2,1-3H3,(H,15,16)/t12-/m1/s1. The summed E-state index contributed by atoms with van der Waals surface area (Å²) in [7, 11) is 1.36. The maximum Gasteiger partial charge on any atom is 0.328 e. The first-order valence-electron chi connectivity index (χ1n) is 6.90. The van der Waals surface area contributed by atoms with Gasteiger partial charge in [-0.15, -0.1) is 0 Å². The minimum atomic E-state index is -0.496. The third-order valence-electron chi connectivity index (χ3n) is 3.48. The monoisotopic (exact) mass is 255 g/mol. The lowest BCUT2D eigenvalue weighted by molar-refractivity contribution is -0.145. The SMILES string of the molecule is COC(=O)[C@@H](CC(C)C)NC(=O)CC1CCCC1. The Kier molecular flexibility index (Phi) is 6.16. The van der Waals surface area contributed by atoms with E-state index < -0.39 is 6.04 Å². The van der Waals surface area contributed by atoms with E-state index in [1.165, 1.54) is 20.0 Å². The van der Waals surface area contributed by atoms with E-state index in [9.17, 15) is 9.59 Å². The summed E-state index contributed by atoms with van der Waals surface area (Å²) in [6, 6.07) is -0.496. The Hall–Kier alpha value is -1.06. The van der Waals surface area contributed by atoms with E-state index in [4.69, 9.17) is 4.74 Å². The zero-order valence-corrected chi connectivity index (χ0v) is 11.7. The summed E-state index contributed by atoms with van der Waals surface area (Å²) < 4.78 is 4.73. The number of ether oxygens (including phenoxy) is 1. The predicted octanol–water partition coefficient (Wildman–Crippen LogP) is 2.27. The molecule has 0 spiro atoms. The normalized spacial score (nSPS) is 17.8. The number of carbonyl (C=O) groups excluding carboxylic acids is 2. The fourth-order valence-corrected chi connectivity index (χ4v) is 2.56. The lowest BCUT2D eigenvalue weighted by atomic mass is 10.0. The van der Waals surface area contributed by atoms with E-state index in [1.54, 1.807) is 0 Å². The van der Waals surface area contributed by atoms with E-state index in [2.05, 4.69) is 5.32 Å². The zero-order valence-electron chi connectivity index (χ0n) is 11.7. The Morgan fingerprint density at radius 2 is 1.89 bits per heavy atom. The molecule has 1 fully saturated rings. The molecule has 0 unspecified atom stereocenters. The van der Waals surface area contributed by atoms with Crippen molar-refractivity contribution in [2.24, 2.45) is 11.8 Å². The maximum absolute atomic E-state index is 11.9. The summed E-state index contributed by atoms with van der Waals surface area (Å²) in [5.74, 6) is 0.490. The van der Waals surface area contributed by atoms with Crippen LogP contribution in [0.3, 0.4) is 0 Å². The van der Waals surface area contributed by atoms with E-state index in [0.29, 0.717) is 24.7 Å². The molecule has 1 aliphatic carbocycles. The van der Waals surface area contributed by atoms with Crippen molar-refractivity contribution in [2.45, 2.75) is 58.4 Å². The highest BCUT2D eigenvalue weighted by Gasteiger charge is 2.24. The molecule has 1 atom stereocenters. The fraction of sp³-hybridized carbons (Fsp3) is 0.857. The highest BCUT2D eigenvalue weighted by molar-refractivity contribution is 5.84. The minimum Gasteiger partial charge on any atom is -0.467 e. The van der Waals surface area contributed by atoms with Gasteiger partial charge in [0.1, 0.15) is 6.04 Å². The Balaban J connectivity index is 2.42. The largest absolute Gasteiger partial charge is 0.467 e. The average Bonchev–Trinajstić information content (AvgIpc) is 2.79. The van der Waals surface area contributed by atoms with Crippen LogP contribution in [-0.2, 0) is 14.3 Å². The Bertz CT molecular complexity index is 283. The second-order valence-electron chi connectivity index (χ2n) is 5.63. The fourth-order valence-electron chi connectivity index (χ4n) is 2.56. The Labute approximate surface area is 109 Å². The van der Waals surface area contributed by atoms with Crippen molar-refractivity contribution in [3.8, 4) is 0 Å². The molecule has 1 amide bonds. The van der Waals surface area contributed by atoms with Crippen LogP contribution in [-0.4, -0.2) is 25.0 Å². The van der Waals surface area contributed by atoms with E-state index in [1.807, 2.05) is 13.8 Å². The van der Waals surface area contributed by atoms with Crippen molar-refractivity contribution in [1.29, 1.82) is 0 Å². The number of hydrogen-bond acceptors (Lipinski definition) is 3. The van der Waals surface area contributed by atoms with Gasteiger partial charge in [-0.3, -0.25) is 4.79 Å². The smallest absolute Gasteiger partial charge is 0.328 e. The highest BCUT2D eigenvalue weighted by Crippen LogP contribution is 2.27. The maximum atomic E-state index is 11.9. The van der Waals surface area contributed by atoms with Crippen LogP contribution in [0.1, 0.15) is 52.4 Å². The lowest BCUT2D eigenvalue weighted by Crippen LogP contribution is -2.42. The molecule has 1 rings (SSSR count). The van der Waals surface area contributed by atoms with Gasteiger partial charge in [-0.05, 0) is 31.1 Å². The van der Waals surface area contributed by atoms with Gasteiger partial charge in [0.25, 0.3) is 0 Å². The number of nitrogens with one attached hydrogen (secondary N) is 1. The molecular weight excluding hydrogens is 230 g/mol. The second kappa shape index (κ2) is 7.39. The lowest BCUT2D eigenvalue weighted by Gasteiger charge is -2.19. The first-order chi connectivity index (χ1) is 8.52. The summed E-state index contributed by atoms with van der Waals surface area (Å²) >= 11 is 0. The van der Waals surface area contributed by atoms with Gasteiger partial charge < -0.3 is 10.1 Å². The van der Waals surface area contributed by atoms with Crippen molar-refractivity contribution >= 4 is 11.9 Å². The number of amides is 1. The van der Waals surface area contributed by atoms with Crippen LogP contribution >= 0.6 is 0 Å². The van der Waals surface area contributed by atoms with Crippen LogP contribution in [0.25, 0.3) is 0 Å². The Morgan fingerprint density at radius 3 is 2.39 bits per heavy atom. The first-order valence-corrected chi connectivity index (χ1v) is 6.90. The summed E-state index contributed by atoms with van der Waals surface area (Å²) in [6.07, 6.45) is 5.91. The van der Waals surface area contributed by atoms with E-state index in [0.717, 1.165) is 12.8 Å². The third kappa shape index (κ3) is 5.07. The van der Waals surface area contributed by atoms with Crippen molar-refractivity contribution in [1.82, 2.24) is 5.32 Å². The molecule has 0 aliphatic heterocycles. The molecular formula is C14H25NO3. The van der Waals surface area contributed by atoms with E-state index >= 15 is 0 Å². The molecule has 1 aliphatic rings. The van der Waals surface area contributed by atoms with Crippen molar-refractivity contribution < 1.29 is 14.3 Å². The van der Waals surface area contributed by atoms with Gasteiger partial charge in [0.2, 0.25) is 5.91 Å². The van der Waals surface area contributed by atoms with Crippen LogP contribution in [0.4, 0.5) is 0 Å². The van der Waals surface area contributed by atoms with E-state index in [-0.39, 0.29) is 11.9 Å². The number of esters is 1. The number of methoxy groups -OCH3 is 1. The third-order valence-corrected chi connectivity index (χ3v) is 3.48. The summed E-state index contributed by atoms with van der Waals surface area (Å²) in [6.45, 7) is 4.05. The Morgan fingerprint density at radius 1 is 1.28 bits per heavy atom. The zero-order chi connectivity index (χ0) is 13.5. The van der Waals surface area contributed by atoms with Gasteiger partial charge in [0.15, 0.2) is 0 Å². The van der Waals surface area contributed by atoms with Crippen LogP contribution in [0.2, 0.25) is 0 Å². The second-order valence-corrected chi connectivity index (χ2v) is 5.63. The van der Waals surface area contributed by atoms with Crippen molar-refractivity contribution in [3.63, 3.8) is 0 Å². The summed E-state index contributed by atoms with van der Waals surface area (Å²) in [5.41, 5.74) is 0. The first kappa shape index (κ1) is 15.0. The van der Waals surface area contributed by atoms with Gasteiger partial charge in [-0.25, -0.2) is 4.79 Å². The van der Waals surface area contributed by atoms with Crippen molar-refractivity contribution in [2.75, 3.05) is 7.11 Å². The molecule has 18 heavy (non-hydrogen) atoms. The molecule has 1 saturated carbocycles. The molecule has 0 saturated heterocycles. The molecule has 1 N–H and O–H groups in total. The molecule has 4 nitrogen and oxygen atoms in total. The van der Waals surface area contributed by atoms with Crippen LogP contribution in [0, 0.1) is 11.8 Å². The van der Waals surface area contributed by atoms with Gasteiger partial charge in [0, 0.05) is 6.42 Å². The predicted molar refractivity (Wildman–Crippen MR) is 70.0 cm³/mol. The number of hydrogen-bond donors (Lipinski definition) is 1. The average molecular weight is 255 g/mol. The number of carbonyl (C=O) groups is 2. The highest BCUT2D eigenvalue weighted by atomic mass is 16.5. The minimum absolute atomic E-state index is 0.0158. The van der Waals surface area contributed by atoms with Crippen LogP contribution in [0.15, 0.2) is 0 Å². The van der Waals surface area contributed by atoms with Gasteiger partial charge in [-0.2, -0.15) is 0 Å². The van der Waals surface area contributed by atoms with Crippen molar-refractivity contribution in [3.05, 3.63) is 0 Å². The molecule has 0 aromatic carbocycles.